The summed E-state index contributed by atoms with van der Waals surface area (Å²) in [5.74, 6) is -1.50. The molecule has 0 radical (unpaired) electrons. The number of carbonyl (C=O) groups is 4. The number of imide groups is 1. The average Bonchev–Trinajstić information content (AvgIpc) is 2.79. The lowest BCUT2D eigenvalue weighted by Crippen LogP contribution is -2.48. The largest absolute Gasteiger partial charge is 0.388 e. The van der Waals surface area contributed by atoms with E-state index in [2.05, 4.69) is 10.6 Å². The van der Waals surface area contributed by atoms with E-state index in [4.69, 9.17) is 0 Å². The predicted molar refractivity (Wildman–Crippen MR) is 79.6 cm³/mol. The summed E-state index contributed by atoms with van der Waals surface area (Å²) < 4.78 is 0. The summed E-state index contributed by atoms with van der Waals surface area (Å²) in [4.78, 5) is 48.5. The zero-order chi connectivity index (χ0) is 16.3. The third kappa shape index (κ3) is 2.57. The second-order valence-corrected chi connectivity index (χ2v) is 4.86. The minimum Gasteiger partial charge on any atom is -0.388 e. The van der Waals surface area contributed by atoms with Crippen LogP contribution >= 0.6 is 0 Å². The van der Waals surface area contributed by atoms with Gasteiger partial charge < -0.3 is 15.4 Å². The van der Waals surface area contributed by atoms with Gasteiger partial charge >= 0.3 is 0 Å². The van der Waals surface area contributed by atoms with Crippen LogP contribution in [0.15, 0.2) is 18.2 Å². The summed E-state index contributed by atoms with van der Waals surface area (Å²) in [6.45, 7) is 0. The van der Waals surface area contributed by atoms with Crippen molar-refractivity contribution in [2.45, 2.75) is 18.9 Å². The van der Waals surface area contributed by atoms with Crippen molar-refractivity contribution >= 4 is 29.7 Å². The molecule has 116 valence electrons. The molecule has 0 bridgehead atoms. The number of likely N-dealkylation sites (N-methyl/N-ethyl adjacent to an activating group) is 1. The molecule has 1 unspecified atom stereocenters. The standard InChI is InChI=1S/C15H17N3O4/c1-16-9-5-6-10-11(8-9)15(22)18(14(10)21)12(4-3-7-19)13(20)17-2/h5-8,12,16H,3-4H2,1-2H3,(H,17,20). The van der Waals surface area contributed by atoms with E-state index >= 15 is 0 Å². The first-order chi connectivity index (χ1) is 10.5. The maximum Gasteiger partial charge on any atom is 0.262 e. The molecule has 2 N–H and O–H groups in total. The van der Waals surface area contributed by atoms with E-state index in [1.165, 1.54) is 7.05 Å². The molecule has 7 heteroatoms. The Morgan fingerprint density at radius 2 is 1.91 bits per heavy atom. The van der Waals surface area contributed by atoms with Crippen molar-refractivity contribution < 1.29 is 19.2 Å². The van der Waals surface area contributed by atoms with E-state index in [0.29, 0.717) is 12.0 Å². The van der Waals surface area contributed by atoms with Gasteiger partial charge in [-0.15, -0.1) is 0 Å². The van der Waals surface area contributed by atoms with Crippen LogP contribution in [0.25, 0.3) is 0 Å². The van der Waals surface area contributed by atoms with Crippen molar-refractivity contribution in [3.63, 3.8) is 0 Å². The van der Waals surface area contributed by atoms with Crippen molar-refractivity contribution in [2.24, 2.45) is 0 Å². The van der Waals surface area contributed by atoms with Crippen molar-refractivity contribution in [3.8, 4) is 0 Å². The van der Waals surface area contributed by atoms with Crippen LogP contribution in [0, 0.1) is 0 Å². The maximum absolute atomic E-state index is 12.5. The van der Waals surface area contributed by atoms with Gasteiger partial charge in [-0.25, -0.2) is 0 Å². The Morgan fingerprint density at radius 1 is 1.23 bits per heavy atom. The molecule has 1 aliphatic heterocycles. The van der Waals surface area contributed by atoms with Crippen molar-refractivity contribution in [3.05, 3.63) is 29.3 Å². The number of nitrogens with zero attached hydrogens (tertiary/aromatic N) is 1. The average molecular weight is 303 g/mol. The Labute approximate surface area is 127 Å². The first kappa shape index (κ1) is 15.7. The molecule has 0 saturated carbocycles. The number of hydrogen-bond donors (Lipinski definition) is 2. The lowest BCUT2D eigenvalue weighted by molar-refractivity contribution is -0.124. The van der Waals surface area contributed by atoms with Crippen LogP contribution in [-0.4, -0.2) is 49.0 Å². The number of anilines is 1. The smallest absolute Gasteiger partial charge is 0.262 e. The van der Waals surface area contributed by atoms with E-state index in [-0.39, 0.29) is 24.0 Å². The second kappa shape index (κ2) is 6.38. The Balaban J connectivity index is 2.39. The van der Waals surface area contributed by atoms with Gasteiger partial charge in [0.25, 0.3) is 11.8 Å². The fraction of sp³-hybridized carbons (Fsp3) is 0.333. The van der Waals surface area contributed by atoms with Gasteiger partial charge in [-0.1, -0.05) is 0 Å². The van der Waals surface area contributed by atoms with Crippen molar-refractivity contribution in [1.29, 1.82) is 0 Å². The second-order valence-electron chi connectivity index (χ2n) is 4.86. The van der Waals surface area contributed by atoms with Gasteiger partial charge in [-0.2, -0.15) is 0 Å². The highest BCUT2D eigenvalue weighted by molar-refractivity contribution is 6.23. The molecular weight excluding hydrogens is 286 g/mol. The molecule has 0 fully saturated rings. The minimum atomic E-state index is -0.986. The fourth-order valence-electron chi connectivity index (χ4n) is 2.47. The number of hydrogen-bond acceptors (Lipinski definition) is 5. The zero-order valence-electron chi connectivity index (χ0n) is 12.4. The van der Waals surface area contributed by atoms with Crippen LogP contribution in [0.4, 0.5) is 5.69 Å². The van der Waals surface area contributed by atoms with Crippen molar-refractivity contribution in [2.75, 3.05) is 19.4 Å². The summed E-state index contributed by atoms with van der Waals surface area (Å²) in [6, 6.07) is 3.84. The van der Waals surface area contributed by atoms with Crippen LogP contribution in [0.2, 0.25) is 0 Å². The highest BCUT2D eigenvalue weighted by Gasteiger charge is 2.42. The number of aldehydes is 1. The topological polar surface area (TPSA) is 95.6 Å². The third-order valence-electron chi connectivity index (χ3n) is 3.63. The Morgan fingerprint density at radius 3 is 2.50 bits per heavy atom. The Kier molecular flexibility index (Phi) is 4.55. The lowest BCUT2D eigenvalue weighted by Gasteiger charge is -2.24. The van der Waals surface area contributed by atoms with Crippen LogP contribution in [0.5, 0.6) is 0 Å². The summed E-state index contributed by atoms with van der Waals surface area (Å²) in [6.07, 6.45) is 0.855. The van der Waals surface area contributed by atoms with Crippen LogP contribution in [-0.2, 0) is 9.59 Å². The molecule has 3 amide bonds. The van der Waals surface area contributed by atoms with Gasteiger partial charge in [0.15, 0.2) is 0 Å². The molecule has 2 rings (SSSR count). The molecule has 1 aliphatic rings. The zero-order valence-corrected chi connectivity index (χ0v) is 12.4. The van der Waals surface area contributed by atoms with Gasteiger partial charge in [0.05, 0.1) is 11.1 Å². The van der Waals surface area contributed by atoms with Gasteiger partial charge in [-0.3, -0.25) is 19.3 Å². The molecule has 0 saturated heterocycles. The number of benzene rings is 1. The van der Waals surface area contributed by atoms with E-state index in [1.54, 1.807) is 25.2 Å². The van der Waals surface area contributed by atoms with E-state index in [1.807, 2.05) is 0 Å². The van der Waals surface area contributed by atoms with E-state index in [0.717, 1.165) is 4.90 Å². The van der Waals surface area contributed by atoms with Crippen LogP contribution in [0.1, 0.15) is 33.6 Å². The monoisotopic (exact) mass is 303 g/mol. The van der Waals surface area contributed by atoms with Crippen LogP contribution in [0.3, 0.4) is 0 Å². The predicted octanol–water partition coefficient (Wildman–Crippen LogP) is 0.418. The summed E-state index contributed by atoms with van der Waals surface area (Å²) >= 11 is 0. The molecule has 0 spiro atoms. The highest BCUT2D eigenvalue weighted by Crippen LogP contribution is 2.28. The van der Waals surface area contributed by atoms with Gasteiger partial charge in [0, 0.05) is 26.2 Å². The number of fused-ring (bicyclic) bond motifs is 1. The van der Waals surface area contributed by atoms with Gasteiger partial charge in [0.2, 0.25) is 5.91 Å². The third-order valence-corrected chi connectivity index (χ3v) is 3.63. The summed E-state index contributed by atoms with van der Waals surface area (Å²) in [5.41, 5.74) is 1.23. The maximum atomic E-state index is 12.5. The quantitative estimate of drug-likeness (QED) is 0.586. The fourth-order valence-corrected chi connectivity index (χ4v) is 2.47. The lowest BCUT2D eigenvalue weighted by atomic mass is 10.1. The summed E-state index contributed by atoms with van der Waals surface area (Å²) in [7, 11) is 3.13. The van der Waals surface area contributed by atoms with E-state index in [9.17, 15) is 19.2 Å². The molecular formula is C15H17N3O4. The molecule has 1 heterocycles. The Bertz CT molecular complexity index is 642. The Hall–Kier alpha value is -2.70. The molecule has 1 aromatic carbocycles. The van der Waals surface area contributed by atoms with Crippen molar-refractivity contribution in [1.82, 2.24) is 10.2 Å². The normalized spacial score (nSPS) is 14.5. The number of nitrogens with one attached hydrogen (secondary N) is 2. The molecule has 0 aliphatic carbocycles. The number of carbonyl (C=O) groups excluding carboxylic acids is 4. The first-order valence-corrected chi connectivity index (χ1v) is 6.90. The molecule has 1 atom stereocenters. The molecule has 22 heavy (non-hydrogen) atoms. The first-order valence-electron chi connectivity index (χ1n) is 6.90. The molecule has 1 aromatic rings. The highest BCUT2D eigenvalue weighted by atomic mass is 16.2. The van der Waals surface area contributed by atoms with Crippen LogP contribution < -0.4 is 10.6 Å². The molecule has 7 nitrogen and oxygen atoms in total. The van der Waals surface area contributed by atoms with E-state index < -0.39 is 23.8 Å². The van der Waals surface area contributed by atoms with Gasteiger partial charge in [-0.05, 0) is 24.6 Å². The SMILES string of the molecule is CNC(=O)C(CCC=O)N1C(=O)c2ccc(NC)cc2C1=O. The van der Waals surface area contributed by atoms with Gasteiger partial charge in [0.1, 0.15) is 12.3 Å². The molecule has 0 aromatic heterocycles. The number of rotatable bonds is 6. The summed E-state index contributed by atoms with van der Waals surface area (Å²) in [5, 5.41) is 5.32. The number of amides is 3. The minimum absolute atomic E-state index is 0.0905.